The Hall–Kier alpha value is -1.32. The predicted molar refractivity (Wildman–Crippen MR) is 51.9 cm³/mol. The van der Waals surface area contributed by atoms with Gasteiger partial charge in [-0.15, -0.1) is 0 Å². The van der Waals surface area contributed by atoms with Gasteiger partial charge in [0.15, 0.2) is 0 Å². The monoisotopic (exact) mass is 200 g/mol. The lowest BCUT2D eigenvalue weighted by molar-refractivity contribution is -0.138. The topological polar surface area (TPSA) is 63.6 Å². The second-order valence-electron chi connectivity index (χ2n) is 2.90. The van der Waals surface area contributed by atoms with Crippen LogP contribution < -0.4 is 0 Å². The van der Waals surface area contributed by atoms with Gasteiger partial charge in [0.05, 0.1) is 6.61 Å². The molecule has 0 saturated carbocycles. The van der Waals surface area contributed by atoms with Crippen molar-refractivity contribution >= 4 is 11.9 Å². The third kappa shape index (κ3) is 8.77. The molecule has 0 fully saturated rings. The van der Waals surface area contributed by atoms with Crippen LogP contribution in [0.5, 0.6) is 0 Å². The fourth-order valence-corrected chi connectivity index (χ4v) is 0.889. The molecule has 0 radical (unpaired) electrons. The number of ether oxygens (including phenoxy) is 1. The highest BCUT2D eigenvalue weighted by Gasteiger charge is 1.97. The maximum absolute atomic E-state index is 10.8. The van der Waals surface area contributed by atoms with Gasteiger partial charge in [0.25, 0.3) is 0 Å². The maximum Gasteiger partial charge on any atom is 0.331 e. The Morgan fingerprint density at radius 3 is 2.50 bits per heavy atom. The average Bonchev–Trinajstić information content (AvgIpc) is 2.14. The van der Waals surface area contributed by atoms with E-state index >= 15 is 0 Å². The van der Waals surface area contributed by atoms with E-state index in [9.17, 15) is 9.59 Å². The first kappa shape index (κ1) is 12.7. The van der Waals surface area contributed by atoms with E-state index in [1.165, 1.54) is 0 Å². The van der Waals surface area contributed by atoms with Crippen LogP contribution in [0.3, 0.4) is 0 Å². The predicted octanol–water partition coefficient (Wildman–Crippen LogP) is 1.75. The molecule has 0 aromatic carbocycles. The summed E-state index contributed by atoms with van der Waals surface area (Å²) in [5, 5.41) is 8.21. The zero-order chi connectivity index (χ0) is 10.8. The first-order valence-electron chi connectivity index (χ1n) is 4.74. The Morgan fingerprint density at radius 2 is 1.93 bits per heavy atom. The van der Waals surface area contributed by atoms with Crippen molar-refractivity contribution in [1.82, 2.24) is 0 Å². The molecule has 0 spiro atoms. The van der Waals surface area contributed by atoms with Gasteiger partial charge < -0.3 is 9.84 Å². The number of hydrogen-bond donors (Lipinski definition) is 1. The number of carboxylic acids is 1. The summed E-state index contributed by atoms with van der Waals surface area (Å²) in [5.74, 6) is -1.74. The van der Waals surface area contributed by atoms with E-state index in [4.69, 9.17) is 9.84 Å². The molecule has 0 aliphatic rings. The number of esters is 1. The molecule has 0 aromatic heterocycles. The van der Waals surface area contributed by atoms with Crippen LogP contribution in [0.15, 0.2) is 12.2 Å². The Labute approximate surface area is 83.6 Å². The summed E-state index contributed by atoms with van der Waals surface area (Å²) in [5.41, 5.74) is 0. The van der Waals surface area contributed by atoms with E-state index in [2.05, 4.69) is 6.92 Å². The number of aliphatic carboxylic acids is 1. The maximum atomic E-state index is 10.8. The molecule has 4 nitrogen and oxygen atoms in total. The quantitative estimate of drug-likeness (QED) is 0.386. The minimum Gasteiger partial charge on any atom is -0.478 e. The lowest BCUT2D eigenvalue weighted by Crippen LogP contribution is -2.03. The number of carboxylic acid groups (broad SMARTS) is 1. The van der Waals surface area contributed by atoms with Crippen molar-refractivity contribution in [2.45, 2.75) is 32.6 Å². The first-order valence-corrected chi connectivity index (χ1v) is 4.74. The van der Waals surface area contributed by atoms with E-state index in [0.29, 0.717) is 6.61 Å². The second-order valence-corrected chi connectivity index (χ2v) is 2.90. The van der Waals surface area contributed by atoms with Crippen molar-refractivity contribution in [3.05, 3.63) is 12.2 Å². The van der Waals surface area contributed by atoms with Gasteiger partial charge in [0.2, 0.25) is 0 Å². The Morgan fingerprint density at radius 1 is 1.21 bits per heavy atom. The summed E-state index contributed by atoms with van der Waals surface area (Å²) in [4.78, 5) is 20.8. The molecule has 0 bridgehead atoms. The van der Waals surface area contributed by atoms with Gasteiger partial charge in [-0.05, 0) is 6.42 Å². The van der Waals surface area contributed by atoms with E-state index in [0.717, 1.165) is 37.8 Å². The molecule has 0 aliphatic heterocycles. The van der Waals surface area contributed by atoms with Crippen molar-refractivity contribution in [3.63, 3.8) is 0 Å². The Balaban J connectivity index is 3.40. The molecule has 4 heteroatoms. The van der Waals surface area contributed by atoms with Crippen LogP contribution in [-0.2, 0) is 14.3 Å². The molecule has 0 unspecified atom stereocenters. The van der Waals surface area contributed by atoms with Crippen molar-refractivity contribution in [2.24, 2.45) is 0 Å². The van der Waals surface area contributed by atoms with E-state index < -0.39 is 11.9 Å². The van der Waals surface area contributed by atoms with Crippen molar-refractivity contribution in [1.29, 1.82) is 0 Å². The van der Waals surface area contributed by atoms with Gasteiger partial charge in [0, 0.05) is 12.2 Å². The van der Waals surface area contributed by atoms with E-state index in [1.807, 2.05) is 0 Å². The lowest BCUT2D eigenvalue weighted by atomic mass is 10.2. The molecular formula is C10H16O4. The number of carbonyl (C=O) groups excluding carboxylic acids is 1. The van der Waals surface area contributed by atoms with Gasteiger partial charge in [0.1, 0.15) is 0 Å². The van der Waals surface area contributed by atoms with Crippen LogP contribution in [-0.4, -0.2) is 23.7 Å². The van der Waals surface area contributed by atoms with Gasteiger partial charge in [-0.1, -0.05) is 26.2 Å². The molecule has 0 amide bonds. The minimum absolute atomic E-state index is 0.364. The third-order valence-corrected chi connectivity index (χ3v) is 1.60. The molecule has 0 rings (SSSR count). The van der Waals surface area contributed by atoms with Crippen molar-refractivity contribution in [3.8, 4) is 0 Å². The zero-order valence-corrected chi connectivity index (χ0v) is 8.36. The van der Waals surface area contributed by atoms with E-state index in [-0.39, 0.29) is 0 Å². The van der Waals surface area contributed by atoms with Crippen molar-refractivity contribution < 1.29 is 19.4 Å². The lowest BCUT2D eigenvalue weighted by Gasteiger charge is -2.00. The normalized spacial score (nSPS) is 10.4. The molecular weight excluding hydrogens is 184 g/mol. The van der Waals surface area contributed by atoms with Crippen LogP contribution in [0.4, 0.5) is 0 Å². The fourth-order valence-electron chi connectivity index (χ4n) is 0.889. The van der Waals surface area contributed by atoms with Crippen LogP contribution in [0.25, 0.3) is 0 Å². The summed E-state index contributed by atoms with van der Waals surface area (Å²) in [6.45, 7) is 2.46. The third-order valence-electron chi connectivity index (χ3n) is 1.60. The molecule has 0 atom stereocenters. The molecule has 0 saturated heterocycles. The van der Waals surface area contributed by atoms with Gasteiger partial charge >= 0.3 is 11.9 Å². The van der Waals surface area contributed by atoms with Gasteiger partial charge in [-0.25, -0.2) is 9.59 Å². The minimum atomic E-state index is -1.15. The molecule has 80 valence electrons. The van der Waals surface area contributed by atoms with E-state index in [1.54, 1.807) is 0 Å². The first-order chi connectivity index (χ1) is 6.66. The number of carbonyl (C=O) groups is 2. The number of rotatable bonds is 7. The average molecular weight is 200 g/mol. The summed E-state index contributed by atoms with van der Waals surface area (Å²) in [6.07, 6.45) is 5.82. The van der Waals surface area contributed by atoms with Crippen LogP contribution in [0, 0.1) is 0 Å². The van der Waals surface area contributed by atoms with Gasteiger partial charge in [-0.3, -0.25) is 0 Å². The SMILES string of the molecule is CCCCCCOC(=O)/C=C\C(=O)O. The largest absolute Gasteiger partial charge is 0.478 e. The fraction of sp³-hybridized carbons (Fsp3) is 0.600. The highest BCUT2D eigenvalue weighted by atomic mass is 16.5. The summed E-state index contributed by atoms with van der Waals surface area (Å²) in [7, 11) is 0. The molecule has 0 heterocycles. The van der Waals surface area contributed by atoms with Crippen LogP contribution in [0.2, 0.25) is 0 Å². The van der Waals surface area contributed by atoms with Crippen LogP contribution in [0.1, 0.15) is 32.6 Å². The van der Waals surface area contributed by atoms with Crippen LogP contribution >= 0.6 is 0 Å². The number of hydrogen-bond acceptors (Lipinski definition) is 3. The zero-order valence-electron chi connectivity index (χ0n) is 8.36. The molecule has 0 aliphatic carbocycles. The Kier molecular flexibility index (Phi) is 7.50. The number of unbranched alkanes of at least 4 members (excludes halogenated alkanes) is 3. The smallest absolute Gasteiger partial charge is 0.331 e. The standard InChI is InChI=1S/C10H16O4/c1-2-3-4-5-8-14-10(13)7-6-9(11)12/h6-7H,2-5,8H2,1H3,(H,11,12)/b7-6-. The molecule has 0 aromatic rings. The molecule has 14 heavy (non-hydrogen) atoms. The van der Waals surface area contributed by atoms with Crippen molar-refractivity contribution in [2.75, 3.05) is 6.61 Å². The summed E-state index contributed by atoms with van der Waals surface area (Å²) < 4.78 is 4.75. The summed E-state index contributed by atoms with van der Waals surface area (Å²) >= 11 is 0. The van der Waals surface area contributed by atoms with Gasteiger partial charge in [-0.2, -0.15) is 0 Å². The summed E-state index contributed by atoms with van der Waals surface area (Å²) in [6, 6.07) is 0. The molecule has 1 N–H and O–H groups in total. The highest BCUT2D eigenvalue weighted by Crippen LogP contribution is 1.99. The second kappa shape index (κ2) is 8.29. The Bertz CT molecular complexity index is 208. The highest BCUT2D eigenvalue weighted by molar-refractivity contribution is 5.90.